The molecule has 0 bridgehead atoms. The fourth-order valence-electron chi connectivity index (χ4n) is 2.24. The first kappa shape index (κ1) is 14.9. The smallest absolute Gasteiger partial charge is 0.261 e. The number of thiol groups is 1. The molecule has 1 N–H and O–H groups in total. The first-order valence-electron chi connectivity index (χ1n) is 6.76. The minimum atomic E-state index is -0.178. The fourth-order valence-corrected chi connectivity index (χ4v) is 2.95. The number of hydrogen-bond acceptors (Lipinski definition) is 2. The highest BCUT2D eigenvalue weighted by atomic mass is 32.1. The van der Waals surface area contributed by atoms with Gasteiger partial charge in [-0.15, -0.1) is 0 Å². The second-order valence-corrected chi connectivity index (χ2v) is 6.21. The van der Waals surface area contributed by atoms with Crippen LogP contribution in [0.4, 0.5) is 0 Å². The molecule has 0 radical (unpaired) electrons. The Hall–Kier alpha value is -1.46. The Kier molecular flexibility index (Phi) is 5.09. The first-order chi connectivity index (χ1) is 9.61. The van der Waals surface area contributed by atoms with Crippen LogP contribution in [-0.2, 0) is 0 Å². The first-order valence-corrected chi connectivity index (χ1v) is 7.84. The summed E-state index contributed by atoms with van der Waals surface area (Å²) in [5, 5.41) is 9.49. The van der Waals surface area contributed by atoms with E-state index in [9.17, 15) is 9.59 Å². The zero-order valence-electron chi connectivity index (χ0n) is 11.5. The van der Waals surface area contributed by atoms with Gasteiger partial charge in [0, 0.05) is 6.54 Å². The van der Waals surface area contributed by atoms with Crippen LogP contribution in [0.3, 0.4) is 0 Å². The van der Waals surface area contributed by atoms with Crippen molar-refractivity contribution < 1.29 is 14.7 Å². The molecule has 1 heterocycles. The Bertz CT molecular complexity index is 515. The van der Waals surface area contributed by atoms with E-state index in [0.717, 1.165) is 36.4 Å². The normalized spacial score (nSPS) is 15.3. The van der Waals surface area contributed by atoms with Crippen molar-refractivity contribution in [3.05, 3.63) is 35.4 Å². The molecule has 4 nitrogen and oxygen atoms in total. The Morgan fingerprint density at radius 3 is 2.25 bits per heavy atom. The second kappa shape index (κ2) is 6.81. The molecule has 1 aliphatic rings. The largest absolute Gasteiger partial charge is 0.360 e. The zero-order valence-corrected chi connectivity index (χ0v) is 12.4. The summed E-state index contributed by atoms with van der Waals surface area (Å²) in [4.78, 5) is 25.5. The number of imide groups is 1. The van der Waals surface area contributed by atoms with Gasteiger partial charge in [0.2, 0.25) is 0 Å². The zero-order chi connectivity index (χ0) is 14.5. The number of hydrogen-bond donors (Lipinski definition) is 2. The molecule has 20 heavy (non-hydrogen) atoms. The highest BCUT2D eigenvalue weighted by molar-refractivity contribution is 7.98. The van der Waals surface area contributed by atoms with Crippen molar-refractivity contribution in [2.24, 2.45) is 0 Å². The number of aliphatic hydroxyl groups is 1. The van der Waals surface area contributed by atoms with Crippen LogP contribution in [0.5, 0.6) is 0 Å². The predicted octanol–water partition coefficient (Wildman–Crippen LogP) is 2.63. The molecule has 5 heteroatoms. The number of unbranched alkanes of at least 4 members (excludes halogenated alkanes) is 2. The fraction of sp³-hybridized carbons (Fsp3) is 0.400. The summed E-state index contributed by atoms with van der Waals surface area (Å²) < 4.78 is 0. The maximum absolute atomic E-state index is 12.1. The van der Waals surface area contributed by atoms with Gasteiger partial charge < -0.3 is 5.11 Å². The van der Waals surface area contributed by atoms with Gasteiger partial charge in [0.25, 0.3) is 11.8 Å². The molecule has 0 saturated carbocycles. The van der Waals surface area contributed by atoms with Crippen LogP contribution < -0.4 is 0 Å². The molecule has 108 valence electrons. The lowest BCUT2D eigenvalue weighted by Gasteiger charge is -2.13. The van der Waals surface area contributed by atoms with E-state index in [-0.39, 0.29) is 11.8 Å². The van der Waals surface area contributed by atoms with E-state index in [1.165, 1.54) is 4.90 Å². The summed E-state index contributed by atoms with van der Waals surface area (Å²) >= 11 is 0.963. The third-order valence-electron chi connectivity index (χ3n) is 3.26. The number of fused-ring (bicyclic) bond motifs is 1. The second-order valence-electron chi connectivity index (χ2n) is 4.80. The van der Waals surface area contributed by atoms with Crippen molar-refractivity contribution in [2.45, 2.75) is 26.2 Å². The molecule has 0 unspecified atom stereocenters. The molecule has 1 aliphatic heterocycles. The van der Waals surface area contributed by atoms with Gasteiger partial charge in [0.1, 0.15) is 0 Å². The summed E-state index contributed by atoms with van der Waals surface area (Å²) in [5.41, 5.74) is 1.03. The van der Waals surface area contributed by atoms with Crippen LogP contribution >= 0.6 is 11.4 Å². The molecular formula is C15H19NO3S. The number of amides is 2. The molecule has 0 fully saturated rings. The van der Waals surface area contributed by atoms with Crippen molar-refractivity contribution in [1.82, 2.24) is 4.90 Å². The highest BCUT2D eigenvalue weighted by Gasteiger charge is 2.34. The molecule has 0 aromatic heterocycles. The van der Waals surface area contributed by atoms with Gasteiger partial charge in [-0.3, -0.25) is 14.5 Å². The quantitative estimate of drug-likeness (QED) is 0.367. The van der Waals surface area contributed by atoms with Crippen molar-refractivity contribution in [3.8, 4) is 0 Å². The lowest BCUT2D eigenvalue weighted by molar-refractivity contribution is 0.0651. The molecule has 1 aromatic rings. The van der Waals surface area contributed by atoms with E-state index in [0.29, 0.717) is 22.7 Å². The molecule has 0 spiro atoms. The molecule has 2 amide bonds. The molecular weight excluding hydrogens is 274 g/mol. The summed E-state index contributed by atoms with van der Waals surface area (Å²) in [5.74, 6) is 0.566. The number of carbonyl (C=O) groups excluding carboxylic acids is 2. The SMILES string of the molecule is CC(O)=[SH]CCCCCN1C(=O)c2ccccc2C1=O. The maximum Gasteiger partial charge on any atom is 0.261 e. The van der Waals surface area contributed by atoms with Crippen LogP contribution in [0.25, 0.3) is 0 Å². The van der Waals surface area contributed by atoms with Crippen molar-refractivity contribution in [3.63, 3.8) is 0 Å². The van der Waals surface area contributed by atoms with Gasteiger partial charge in [0.15, 0.2) is 0 Å². The molecule has 0 aliphatic carbocycles. The van der Waals surface area contributed by atoms with Gasteiger partial charge in [-0.05, 0) is 37.7 Å². The van der Waals surface area contributed by atoms with E-state index in [2.05, 4.69) is 0 Å². The Balaban J connectivity index is 1.82. The van der Waals surface area contributed by atoms with Crippen LogP contribution in [0.15, 0.2) is 24.3 Å². The van der Waals surface area contributed by atoms with Crippen molar-refractivity contribution in [1.29, 1.82) is 0 Å². The van der Waals surface area contributed by atoms with Crippen molar-refractivity contribution >= 4 is 28.2 Å². The van der Waals surface area contributed by atoms with Crippen LogP contribution in [0.2, 0.25) is 0 Å². The van der Waals surface area contributed by atoms with Crippen molar-refractivity contribution in [2.75, 3.05) is 12.3 Å². The van der Waals surface area contributed by atoms with Gasteiger partial charge in [-0.25, -0.2) is 0 Å². The number of rotatable bonds is 6. The Morgan fingerprint density at radius 1 is 1.10 bits per heavy atom. The van der Waals surface area contributed by atoms with Crippen LogP contribution in [-0.4, -0.2) is 39.2 Å². The summed E-state index contributed by atoms with van der Waals surface area (Å²) in [6.45, 7) is 2.17. The Labute approximate surface area is 122 Å². The monoisotopic (exact) mass is 293 g/mol. The van der Waals surface area contributed by atoms with E-state index >= 15 is 0 Å². The highest BCUT2D eigenvalue weighted by Crippen LogP contribution is 2.22. The standard InChI is InChI=1S/C15H19NO3S/c1-11(17)20-10-6-2-5-9-16-14(18)12-7-3-4-8-13(12)15(16)19/h3-4,7-8,17,20H,2,5-6,9-10H2,1H3. The van der Waals surface area contributed by atoms with Crippen LogP contribution in [0, 0.1) is 0 Å². The summed E-state index contributed by atoms with van der Waals surface area (Å²) in [7, 11) is 0. The van der Waals surface area contributed by atoms with E-state index in [1.807, 2.05) is 0 Å². The van der Waals surface area contributed by atoms with Crippen LogP contribution in [0.1, 0.15) is 46.9 Å². The lowest BCUT2D eigenvalue weighted by atomic mass is 10.1. The summed E-state index contributed by atoms with van der Waals surface area (Å²) in [6.07, 6.45) is 2.75. The lowest BCUT2D eigenvalue weighted by Crippen LogP contribution is -2.30. The maximum atomic E-state index is 12.1. The van der Waals surface area contributed by atoms with E-state index in [1.54, 1.807) is 31.2 Å². The topological polar surface area (TPSA) is 57.6 Å². The number of nitrogens with zero attached hydrogens (tertiary/aromatic N) is 1. The third-order valence-corrected chi connectivity index (χ3v) is 4.26. The van der Waals surface area contributed by atoms with E-state index in [4.69, 9.17) is 5.11 Å². The number of carbonyl (C=O) groups is 2. The molecule has 1 aromatic carbocycles. The minimum Gasteiger partial charge on any atom is -0.360 e. The average molecular weight is 293 g/mol. The molecule has 0 atom stereocenters. The van der Waals surface area contributed by atoms with Gasteiger partial charge in [-0.2, -0.15) is 11.4 Å². The molecule has 0 saturated heterocycles. The average Bonchev–Trinajstić information content (AvgIpc) is 2.67. The van der Waals surface area contributed by atoms with Gasteiger partial charge in [0.05, 0.1) is 16.2 Å². The molecule has 2 rings (SSSR count). The van der Waals surface area contributed by atoms with E-state index < -0.39 is 0 Å². The third kappa shape index (κ3) is 3.35. The van der Waals surface area contributed by atoms with Gasteiger partial charge >= 0.3 is 0 Å². The number of aliphatic hydroxyl groups excluding tert-OH is 1. The summed E-state index contributed by atoms with van der Waals surface area (Å²) in [6, 6.07) is 6.96. The number of benzene rings is 1. The minimum absolute atomic E-state index is 0.178. The van der Waals surface area contributed by atoms with Gasteiger partial charge in [-0.1, -0.05) is 18.6 Å². The predicted molar refractivity (Wildman–Crippen MR) is 82.8 cm³/mol. The Morgan fingerprint density at radius 2 is 1.70 bits per heavy atom.